The molecular formula is C43H27N3. The van der Waals surface area contributed by atoms with Crippen LogP contribution in [0.1, 0.15) is 0 Å². The summed E-state index contributed by atoms with van der Waals surface area (Å²) in [4.78, 5) is 13.0. The van der Waals surface area contributed by atoms with Crippen LogP contribution in [0.3, 0.4) is 0 Å². The first kappa shape index (κ1) is 26.2. The smallest absolute Gasteiger partial charge is 0.0346 e. The van der Waals surface area contributed by atoms with E-state index >= 15 is 0 Å². The second-order valence-electron chi connectivity index (χ2n) is 11.7. The molecule has 0 aliphatic heterocycles. The minimum Gasteiger partial charge on any atom is -0.265 e. The van der Waals surface area contributed by atoms with Gasteiger partial charge in [0.05, 0.1) is 0 Å². The van der Waals surface area contributed by atoms with E-state index in [4.69, 9.17) is 0 Å². The Hall–Kier alpha value is -6.19. The van der Waals surface area contributed by atoms with Crippen molar-refractivity contribution in [1.29, 1.82) is 0 Å². The summed E-state index contributed by atoms with van der Waals surface area (Å²) in [7, 11) is 0. The molecule has 0 amide bonds. The maximum absolute atomic E-state index is 4.41. The van der Waals surface area contributed by atoms with E-state index in [0.717, 1.165) is 22.3 Å². The van der Waals surface area contributed by atoms with Gasteiger partial charge >= 0.3 is 0 Å². The van der Waals surface area contributed by atoms with Crippen molar-refractivity contribution in [2.75, 3.05) is 0 Å². The van der Waals surface area contributed by atoms with E-state index in [9.17, 15) is 0 Å². The molecule has 0 radical (unpaired) electrons. The van der Waals surface area contributed by atoms with Crippen LogP contribution in [-0.2, 0) is 0 Å². The summed E-state index contributed by atoms with van der Waals surface area (Å²) in [6, 6.07) is 46.2. The minimum atomic E-state index is 1.09. The number of hydrogen-bond acceptors (Lipinski definition) is 3. The highest BCUT2D eigenvalue weighted by Crippen LogP contribution is 2.43. The summed E-state index contributed by atoms with van der Waals surface area (Å²) in [5, 5.41) is 7.63. The average molecular weight is 586 g/mol. The van der Waals surface area contributed by atoms with Crippen LogP contribution in [-0.4, -0.2) is 15.0 Å². The zero-order valence-electron chi connectivity index (χ0n) is 24.9. The quantitative estimate of drug-likeness (QED) is 0.189. The third kappa shape index (κ3) is 4.41. The van der Waals surface area contributed by atoms with Crippen molar-refractivity contribution in [1.82, 2.24) is 15.0 Å². The maximum atomic E-state index is 4.41. The third-order valence-corrected chi connectivity index (χ3v) is 9.11. The van der Waals surface area contributed by atoms with Crippen LogP contribution in [0.5, 0.6) is 0 Å². The fourth-order valence-corrected chi connectivity index (χ4v) is 6.87. The largest absolute Gasteiger partial charge is 0.265 e. The van der Waals surface area contributed by atoms with Crippen molar-refractivity contribution in [3.8, 4) is 55.6 Å². The number of pyridine rings is 3. The highest BCUT2D eigenvalue weighted by atomic mass is 14.6. The van der Waals surface area contributed by atoms with E-state index in [0.29, 0.717) is 0 Å². The normalized spacial score (nSPS) is 11.5. The molecule has 9 aromatic rings. The van der Waals surface area contributed by atoms with Crippen LogP contribution in [0.25, 0.3) is 88.0 Å². The molecule has 3 heteroatoms. The Morgan fingerprint density at radius 2 is 0.783 bits per heavy atom. The second kappa shape index (κ2) is 10.8. The molecule has 0 atom stereocenters. The molecule has 0 saturated carbocycles. The number of hydrogen-bond donors (Lipinski definition) is 0. The van der Waals surface area contributed by atoms with E-state index in [2.05, 4.69) is 130 Å². The number of nitrogens with zero attached hydrogens (tertiary/aromatic N) is 3. The second-order valence-corrected chi connectivity index (χ2v) is 11.7. The lowest BCUT2D eigenvalue weighted by atomic mass is 9.86. The Balaban J connectivity index is 1.24. The molecule has 0 N–H and O–H groups in total. The lowest BCUT2D eigenvalue weighted by Gasteiger charge is -2.17. The van der Waals surface area contributed by atoms with Gasteiger partial charge in [0.2, 0.25) is 0 Å². The van der Waals surface area contributed by atoms with Crippen molar-refractivity contribution in [3.63, 3.8) is 0 Å². The Labute approximate surface area is 266 Å². The molecule has 0 unspecified atom stereocenters. The Morgan fingerprint density at radius 1 is 0.304 bits per heavy atom. The summed E-state index contributed by atoms with van der Waals surface area (Å²) in [6.45, 7) is 0. The van der Waals surface area contributed by atoms with E-state index in [1.807, 2.05) is 49.3 Å². The Kier molecular flexibility index (Phi) is 6.14. The van der Waals surface area contributed by atoms with Gasteiger partial charge in [-0.3, -0.25) is 15.0 Å². The molecule has 46 heavy (non-hydrogen) atoms. The summed E-state index contributed by atoms with van der Waals surface area (Å²) in [5.41, 5.74) is 11.6. The Morgan fingerprint density at radius 3 is 1.33 bits per heavy atom. The first-order chi connectivity index (χ1) is 22.8. The van der Waals surface area contributed by atoms with Crippen molar-refractivity contribution in [2.45, 2.75) is 0 Å². The molecule has 0 spiro atoms. The van der Waals surface area contributed by atoms with Crippen molar-refractivity contribution in [3.05, 3.63) is 165 Å². The molecular weight excluding hydrogens is 558 g/mol. The predicted molar refractivity (Wildman–Crippen MR) is 191 cm³/mol. The van der Waals surface area contributed by atoms with E-state index in [1.165, 1.54) is 65.7 Å². The monoisotopic (exact) mass is 585 g/mol. The van der Waals surface area contributed by atoms with Gasteiger partial charge in [-0.1, -0.05) is 84.9 Å². The SMILES string of the molecule is c1cncc(-c2cc(-c3cccnc3)cc(-c3ccc4ccc5c(-c6ccc(-c7ccncc7)cc6)ccc6ccc3c4c65)c2)c1. The summed E-state index contributed by atoms with van der Waals surface area (Å²) >= 11 is 0. The first-order valence-corrected chi connectivity index (χ1v) is 15.5. The van der Waals surface area contributed by atoms with Crippen molar-refractivity contribution in [2.24, 2.45) is 0 Å². The molecule has 3 nitrogen and oxygen atoms in total. The van der Waals surface area contributed by atoms with Crippen LogP contribution in [0.2, 0.25) is 0 Å². The lowest BCUT2D eigenvalue weighted by Crippen LogP contribution is -1.91. The summed E-state index contributed by atoms with van der Waals surface area (Å²) in [5.74, 6) is 0. The van der Waals surface area contributed by atoms with Gasteiger partial charge < -0.3 is 0 Å². The van der Waals surface area contributed by atoms with Gasteiger partial charge in [0.1, 0.15) is 0 Å². The minimum absolute atomic E-state index is 1.09. The maximum Gasteiger partial charge on any atom is 0.0346 e. The van der Waals surface area contributed by atoms with Crippen LogP contribution in [0, 0.1) is 0 Å². The van der Waals surface area contributed by atoms with Crippen LogP contribution >= 0.6 is 0 Å². The van der Waals surface area contributed by atoms with E-state index in [-0.39, 0.29) is 0 Å². The lowest BCUT2D eigenvalue weighted by molar-refractivity contribution is 1.32. The van der Waals surface area contributed by atoms with E-state index in [1.54, 1.807) is 0 Å². The number of rotatable bonds is 5. The van der Waals surface area contributed by atoms with Gasteiger partial charge in [0.15, 0.2) is 0 Å². The number of aromatic nitrogens is 3. The van der Waals surface area contributed by atoms with Crippen LogP contribution in [0.15, 0.2) is 165 Å². The molecule has 0 saturated heterocycles. The predicted octanol–water partition coefficient (Wildman–Crippen LogP) is 11.1. The van der Waals surface area contributed by atoms with Crippen LogP contribution in [0.4, 0.5) is 0 Å². The molecule has 0 aliphatic carbocycles. The first-order valence-electron chi connectivity index (χ1n) is 15.5. The molecule has 0 bridgehead atoms. The van der Waals surface area contributed by atoms with Gasteiger partial charge in [-0.15, -0.1) is 0 Å². The molecule has 3 heterocycles. The fraction of sp³-hybridized carbons (Fsp3) is 0. The topological polar surface area (TPSA) is 38.7 Å². The van der Waals surface area contributed by atoms with Crippen LogP contribution < -0.4 is 0 Å². The molecule has 0 fully saturated rings. The molecule has 9 rings (SSSR count). The zero-order chi connectivity index (χ0) is 30.5. The van der Waals surface area contributed by atoms with E-state index < -0.39 is 0 Å². The average Bonchev–Trinajstić information content (AvgIpc) is 3.14. The fourth-order valence-electron chi connectivity index (χ4n) is 6.87. The third-order valence-electron chi connectivity index (χ3n) is 9.11. The zero-order valence-corrected chi connectivity index (χ0v) is 24.9. The van der Waals surface area contributed by atoms with Gasteiger partial charge in [-0.25, -0.2) is 0 Å². The highest BCUT2D eigenvalue weighted by molar-refractivity contribution is 6.27. The standard InChI is InChI=1S/C43H27N3/c1-3-33(26-45-19-1)35-23-36(34-4-2-20-46-27-34)25-37(24-35)39-14-10-32-11-15-40-38(13-9-31-12-16-41(39)43(32)42(31)40)30-7-5-28(6-8-30)29-17-21-44-22-18-29/h1-27H. The number of benzene rings is 6. The van der Waals surface area contributed by atoms with Gasteiger partial charge in [-0.2, -0.15) is 0 Å². The van der Waals surface area contributed by atoms with Crippen molar-refractivity contribution < 1.29 is 0 Å². The molecule has 0 aliphatic rings. The molecule has 6 aromatic carbocycles. The molecule has 3 aromatic heterocycles. The van der Waals surface area contributed by atoms with Gasteiger partial charge in [-0.05, 0) is 119 Å². The highest BCUT2D eigenvalue weighted by Gasteiger charge is 2.16. The molecule has 214 valence electrons. The van der Waals surface area contributed by atoms with Gasteiger partial charge in [0.25, 0.3) is 0 Å². The summed E-state index contributed by atoms with van der Waals surface area (Å²) < 4.78 is 0. The van der Waals surface area contributed by atoms with Crippen molar-refractivity contribution >= 4 is 32.3 Å². The van der Waals surface area contributed by atoms with Gasteiger partial charge in [0, 0.05) is 48.3 Å². The Bertz CT molecular complexity index is 2430. The summed E-state index contributed by atoms with van der Waals surface area (Å²) in [6.07, 6.45) is 11.2.